The van der Waals surface area contributed by atoms with Gasteiger partial charge < -0.3 is 4.98 Å². The lowest BCUT2D eigenvalue weighted by molar-refractivity contribution is 0.0787. The summed E-state index contributed by atoms with van der Waals surface area (Å²) in [6.07, 6.45) is 5.33. The maximum atomic E-state index is 3.76. The van der Waals surface area contributed by atoms with Gasteiger partial charge in [-0.1, -0.05) is 38.5 Å². The van der Waals surface area contributed by atoms with Crippen LogP contribution in [-0.4, -0.2) is 29.0 Å². The van der Waals surface area contributed by atoms with Gasteiger partial charge in [-0.3, -0.25) is 4.90 Å². The standard InChI is InChI=1S/C19H26N2/c1-3-14-7-6-11-21-12-10-16-15-8-4-5-9-17(15)20-18(16)13(2)19(14)21/h4-5,8-9,13-14,19-20H,3,6-7,10-12H2,1-2H3/t13-,14-,19?/m0/s1. The van der Waals surface area contributed by atoms with Crippen molar-refractivity contribution in [2.24, 2.45) is 5.92 Å². The number of aromatic nitrogens is 1. The van der Waals surface area contributed by atoms with E-state index in [9.17, 15) is 0 Å². The molecule has 112 valence electrons. The fourth-order valence-corrected chi connectivity index (χ4v) is 4.91. The first-order valence-electron chi connectivity index (χ1n) is 8.63. The van der Waals surface area contributed by atoms with Gasteiger partial charge in [0.25, 0.3) is 0 Å². The van der Waals surface area contributed by atoms with Crippen molar-refractivity contribution in [2.75, 3.05) is 13.1 Å². The molecule has 0 radical (unpaired) electrons. The molecule has 1 unspecified atom stereocenters. The first-order valence-corrected chi connectivity index (χ1v) is 8.63. The molecule has 3 atom stereocenters. The summed E-state index contributed by atoms with van der Waals surface area (Å²) in [6.45, 7) is 7.36. The zero-order chi connectivity index (χ0) is 14.4. The zero-order valence-corrected chi connectivity index (χ0v) is 13.2. The average molecular weight is 282 g/mol. The number of rotatable bonds is 1. The molecule has 21 heavy (non-hydrogen) atoms. The van der Waals surface area contributed by atoms with Crippen LogP contribution in [0.3, 0.4) is 0 Å². The molecule has 1 aromatic heterocycles. The van der Waals surface area contributed by atoms with Gasteiger partial charge in [0.2, 0.25) is 0 Å². The van der Waals surface area contributed by atoms with Crippen LogP contribution in [0.5, 0.6) is 0 Å². The Morgan fingerprint density at radius 2 is 2.10 bits per heavy atom. The number of hydrogen-bond donors (Lipinski definition) is 1. The van der Waals surface area contributed by atoms with Crippen LogP contribution in [0, 0.1) is 5.92 Å². The molecule has 1 saturated heterocycles. The molecule has 2 aliphatic heterocycles. The fraction of sp³-hybridized carbons (Fsp3) is 0.579. The summed E-state index contributed by atoms with van der Waals surface area (Å²) in [5, 5.41) is 1.45. The van der Waals surface area contributed by atoms with Crippen molar-refractivity contribution in [3.8, 4) is 0 Å². The number of piperidine rings is 1. The van der Waals surface area contributed by atoms with Crippen molar-refractivity contribution in [1.82, 2.24) is 9.88 Å². The molecule has 1 aromatic carbocycles. The molecule has 0 saturated carbocycles. The largest absolute Gasteiger partial charge is 0.358 e. The molecule has 1 fully saturated rings. The summed E-state index contributed by atoms with van der Waals surface area (Å²) < 4.78 is 0. The lowest BCUT2D eigenvalue weighted by Gasteiger charge is -2.43. The quantitative estimate of drug-likeness (QED) is 0.825. The number of aromatic amines is 1. The van der Waals surface area contributed by atoms with Gasteiger partial charge in [0.15, 0.2) is 0 Å². The summed E-state index contributed by atoms with van der Waals surface area (Å²) in [4.78, 5) is 6.54. The normalized spacial score (nSPS) is 29.9. The number of para-hydroxylation sites is 1. The summed E-state index contributed by atoms with van der Waals surface area (Å²) >= 11 is 0. The van der Waals surface area contributed by atoms with Crippen LogP contribution in [0.15, 0.2) is 24.3 Å². The molecule has 1 N–H and O–H groups in total. The molecule has 0 spiro atoms. The monoisotopic (exact) mass is 282 g/mol. The van der Waals surface area contributed by atoms with Crippen LogP contribution < -0.4 is 0 Å². The molecule has 2 aliphatic rings. The SMILES string of the molecule is CC[C@H]1CCCN2CCc3c([nH]c4ccccc34)[C@H](C)C12. The minimum Gasteiger partial charge on any atom is -0.358 e. The van der Waals surface area contributed by atoms with Crippen LogP contribution in [0.25, 0.3) is 10.9 Å². The van der Waals surface area contributed by atoms with Gasteiger partial charge in [-0.25, -0.2) is 0 Å². The van der Waals surface area contributed by atoms with Gasteiger partial charge in [-0.15, -0.1) is 0 Å². The maximum Gasteiger partial charge on any atom is 0.0459 e. The van der Waals surface area contributed by atoms with Gasteiger partial charge in [0.1, 0.15) is 0 Å². The average Bonchev–Trinajstić information content (AvgIpc) is 2.83. The van der Waals surface area contributed by atoms with Crippen LogP contribution in [0.1, 0.15) is 50.3 Å². The van der Waals surface area contributed by atoms with Crippen LogP contribution >= 0.6 is 0 Å². The predicted molar refractivity (Wildman–Crippen MR) is 88.8 cm³/mol. The van der Waals surface area contributed by atoms with Gasteiger partial charge in [-0.2, -0.15) is 0 Å². The predicted octanol–water partition coefficient (Wildman–Crippen LogP) is 4.32. The Labute approximate surface area is 127 Å². The van der Waals surface area contributed by atoms with Crippen molar-refractivity contribution in [3.05, 3.63) is 35.5 Å². The Morgan fingerprint density at radius 1 is 1.24 bits per heavy atom. The molecule has 0 amide bonds. The number of nitrogens with zero attached hydrogens (tertiary/aromatic N) is 1. The van der Waals surface area contributed by atoms with E-state index in [1.54, 1.807) is 5.56 Å². The van der Waals surface area contributed by atoms with E-state index >= 15 is 0 Å². The first-order chi connectivity index (χ1) is 10.3. The van der Waals surface area contributed by atoms with Crippen LogP contribution in [0.4, 0.5) is 0 Å². The topological polar surface area (TPSA) is 19.0 Å². The highest BCUT2D eigenvalue weighted by atomic mass is 15.2. The summed E-state index contributed by atoms with van der Waals surface area (Å²) in [5.41, 5.74) is 4.43. The zero-order valence-electron chi connectivity index (χ0n) is 13.2. The molecular weight excluding hydrogens is 256 g/mol. The number of hydrogen-bond acceptors (Lipinski definition) is 1. The third-order valence-electron chi connectivity index (χ3n) is 5.91. The van der Waals surface area contributed by atoms with E-state index in [4.69, 9.17) is 0 Å². The van der Waals surface area contributed by atoms with E-state index in [1.807, 2.05) is 0 Å². The fourth-order valence-electron chi connectivity index (χ4n) is 4.91. The second-order valence-electron chi connectivity index (χ2n) is 6.94. The highest BCUT2D eigenvalue weighted by Crippen LogP contribution is 2.40. The Morgan fingerprint density at radius 3 is 2.95 bits per heavy atom. The lowest BCUT2D eigenvalue weighted by Crippen LogP contribution is -2.47. The molecule has 0 bridgehead atoms. The Balaban J connectivity index is 1.81. The van der Waals surface area contributed by atoms with Gasteiger partial charge >= 0.3 is 0 Å². The van der Waals surface area contributed by atoms with E-state index < -0.39 is 0 Å². The maximum absolute atomic E-state index is 3.76. The number of nitrogens with one attached hydrogen (secondary N) is 1. The molecule has 2 aromatic rings. The minimum atomic E-state index is 0.625. The smallest absolute Gasteiger partial charge is 0.0459 e. The molecule has 0 aliphatic carbocycles. The number of fused-ring (bicyclic) bond motifs is 4. The molecule has 4 rings (SSSR count). The Bertz CT molecular complexity index is 642. The Hall–Kier alpha value is -1.28. The molecule has 3 heterocycles. The number of benzene rings is 1. The minimum absolute atomic E-state index is 0.625. The number of H-pyrrole nitrogens is 1. The van der Waals surface area contributed by atoms with Crippen molar-refractivity contribution in [1.29, 1.82) is 0 Å². The van der Waals surface area contributed by atoms with E-state index in [1.165, 1.54) is 55.4 Å². The van der Waals surface area contributed by atoms with E-state index in [-0.39, 0.29) is 0 Å². The third kappa shape index (κ3) is 2.03. The second kappa shape index (κ2) is 5.17. The van der Waals surface area contributed by atoms with Crippen LogP contribution in [0.2, 0.25) is 0 Å². The Kier molecular flexibility index (Phi) is 3.30. The first kappa shape index (κ1) is 13.4. The van der Waals surface area contributed by atoms with Crippen molar-refractivity contribution < 1.29 is 0 Å². The van der Waals surface area contributed by atoms with E-state index in [0.29, 0.717) is 5.92 Å². The van der Waals surface area contributed by atoms with E-state index in [2.05, 4.69) is 48.0 Å². The van der Waals surface area contributed by atoms with E-state index in [0.717, 1.165) is 12.0 Å². The summed E-state index contributed by atoms with van der Waals surface area (Å²) in [5.74, 6) is 1.49. The summed E-state index contributed by atoms with van der Waals surface area (Å²) in [7, 11) is 0. The van der Waals surface area contributed by atoms with Crippen LogP contribution in [-0.2, 0) is 6.42 Å². The molecular formula is C19H26N2. The highest BCUT2D eigenvalue weighted by Gasteiger charge is 2.38. The lowest BCUT2D eigenvalue weighted by atomic mass is 9.79. The van der Waals surface area contributed by atoms with Gasteiger partial charge in [0.05, 0.1) is 0 Å². The third-order valence-corrected chi connectivity index (χ3v) is 5.91. The molecule has 2 nitrogen and oxygen atoms in total. The highest BCUT2D eigenvalue weighted by molar-refractivity contribution is 5.85. The summed E-state index contributed by atoms with van der Waals surface area (Å²) in [6, 6.07) is 9.57. The molecule has 2 heteroatoms. The van der Waals surface area contributed by atoms with Gasteiger partial charge in [0, 0.05) is 35.1 Å². The van der Waals surface area contributed by atoms with Crippen molar-refractivity contribution >= 4 is 10.9 Å². The van der Waals surface area contributed by atoms with Crippen molar-refractivity contribution in [3.63, 3.8) is 0 Å². The second-order valence-corrected chi connectivity index (χ2v) is 6.94. The van der Waals surface area contributed by atoms with Gasteiger partial charge in [-0.05, 0) is 43.4 Å². The van der Waals surface area contributed by atoms with Crippen molar-refractivity contribution in [2.45, 2.75) is 51.5 Å².